The van der Waals surface area contributed by atoms with Crippen LogP contribution >= 0.6 is 0 Å². The fourth-order valence-electron chi connectivity index (χ4n) is 3.23. The van der Waals surface area contributed by atoms with Crippen LogP contribution in [0.4, 0.5) is 0 Å². The van der Waals surface area contributed by atoms with Crippen molar-refractivity contribution >= 4 is 5.91 Å². The molecule has 2 atom stereocenters. The highest BCUT2D eigenvalue weighted by atomic mass is 16.5. The zero-order valence-electron chi connectivity index (χ0n) is 13.3. The van der Waals surface area contributed by atoms with Crippen LogP contribution in [0.3, 0.4) is 0 Å². The molecule has 0 spiro atoms. The fraction of sp³-hybridized carbons (Fsp3) is 0.611. The number of hydrogen-bond acceptors (Lipinski definition) is 3. The van der Waals surface area contributed by atoms with E-state index in [2.05, 4.69) is 19.1 Å². The van der Waals surface area contributed by atoms with Gasteiger partial charge in [-0.3, -0.25) is 4.79 Å². The van der Waals surface area contributed by atoms with Crippen molar-refractivity contribution < 1.29 is 14.3 Å². The van der Waals surface area contributed by atoms with Crippen LogP contribution in [0, 0.1) is 12.8 Å². The molecule has 2 saturated heterocycles. The molecule has 0 aromatic heterocycles. The van der Waals surface area contributed by atoms with Gasteiger partial charge in [0.15, 0.2) is 0 Å². The third kappa shape index (κ3) is 3.80. The molecule has 4 nitrogen and oxygen atoms in total. The van der Waals surface area contributed by atoms with Gasteiger partial charge < -0.3 is 14.4 Å². The Balaban J connectivity index is 1.49. The van der Waals surface area contributed by atoms with E-state index in [0.717, 1.165) is 51.1 Å². The van der Waals surface area contributed by atoms with Gasteiger partial charge in [0, 0.05) is 25.6 Å². The van der Waals surface area contributed by atoms with Gasteiger partial charge in [-0.15, -0.1) is 0 Å². The smallest absolute Gasteiger partial charge is 0.251 e. The third-order valence-corrected chi connectivity index (χ3v) is 4.54. The summed E-state index contributed by atoms with van der Waals surface area (Å²) in [4.78, 5) is 14.4. The van der Waals surface area contributed by atoms with Crippen LogP contribution in [0.15, 0.2) is 24.3 Å². The molecule has 4 heteroatoms. The van der Waals surface area contributed by atoms with Crippen molar-refractivity contribution in [2.75, 3.05) is 26.3 Å². The molecule has 22 heavy (non-hydrogen) atoms. The zero-order valence-corrected chi connectivity index (χ0v) is 13.3. The Morgan fingerprint density at radius 1 is 1.27 bits per heavy atom. The number of likely N-dealkylation sites (tertiary alicyclic amines) is 1. The van der Waals surface area contributed by atoms with E-state index in [9.17, 15) is 4.79 Å². The van der Waals surface area contributed by atoms with Gasteiger partial charge in [0.2, 0.25) is 0 Å². The largest absolute Gasteiger partial charge is 0.493 e. The molecule has 0 aliphatic carbocycles. The summed E-state index contributed by atoms with van der Waals surface area (Å²) in [7, 11) is 0. The number of ether oxygens (including phenoxy) is 2. The molecule has 1 aromatic carbocycles. The first-order valence-corrected chi connectivity index (χ1v) is 8.32. The summed E-state index contributed by atoms with van der Waals surface area (Å²) in [5.41, 5.74) is 1.23. The van der Waals surface area contributed by atoms with E-state index >= 15 is 0 Å². The highest BCUT2D eigenvalue weighted by Crippen LogP contribution is 2.22. The van der Waals surface area contributed by atoms with Gasteiger partial charge in [-0.1, -0.05) is 17.7 Å². The fourth-order valence-corrected chi connectivity index (χ4v) is 3.23. The van der Waals surface area contributed by atoms with Gasteiger partial charge >= 0.3 is 0 Å². The van der Waals surface area contributed by atoms with Gasteiger partial charge in [0.05, 0.1) is 6.61 Å². The molecule has 0 bridgehead atoms. The first-order valence-electron chi connectivity index (χ1n) is 8.32. The van der Waals surface area contributed by atoms with Crippen LogP contribution in [-0.2, 0) is 9.53 Å². The number of piperidine rings is 1. The zero-order chi connectivity index (χ0) is 15.4. The van der Waals surface area contributed by atoms with Crippen molar-refractivity contribution in [3.63, 3.8) is 0 Å². The quantitative estimate of drug-likeness (QED) is 0.858. The van der Waals surface area contributed by atoms with E-state index in [0.29, 0.717) is 12.5 Å². The summed E-state index contributed by atoms with van der Waals surface area (Å²) in [5, 5.41) is 0. The van der Waals surface area contributed by atoms with Crippen molar-refractivity contribution in [2.24, 2.45) is 5.92 Å². The Labute approximate surface area is 132 Å². The van der Waals surface area contributed by atoms with Crippen molar-refractivity contribution in [1.29, 1.82) is 0 Å². The Morgan fingerprint density at radius 3 is 2.82 bits per heavy atom. The van der Waals surface area contributed by atoms with Crippen LogP contribution in [-0.4, -0.2) is 43.2 Å². The molecule has 2 aliphatic rings. The molecule has 0 radical (unpaired) electrons. The molecule has 1 amide bonds. The number of hydrogen-bond donors (Lipinski definition) is 0. The summed E-state index contributed by atoms with van der Waals surface area (Å²) < 4.78 is 11.4. The number of nitrogens with zero attached hydrogens (tertiary/aromatic N) is 1. The second-order valence-corrected chi connectivity index (χ2v) is 6.42. The standard InChI is InChI=1S/C18H25NO3/c1-14-6-8-16(9-7-14)22-13-15-4-2-10-19(12-15)18(20)17-5-3-11-21-17/h6-9,15,17H,2-5,10-13H2,1H3. The average molecular weight is 303 g/mol. The molecular formula is C18H25NO3. The lowest BCUT2D eigenvalue weighted by atomic mass is 9.98. The van der Waals surface area contributed by atoms with Crippen LogP contribution < -0.4 is 4.74 Å². The van der Waals surface area contributed by atoms with Gasteiger partial charge in [0.25, 0.3) is 5.91 Å². The molecule has 2 aliphatic heterocycles. The Morgan fingerprint density at radius 2 is 2.09 bits per heavy atom. The van der Waals surface area contributed by atoms with E-state index in [4.69, 9.17) is 9.47 Å². The maximum atomic E-state index is 12.4. The molecule has 0 saturated carbocycles. The van der Waals surface area contributed by atoms with Crippen LogP contribution in [0.2, 0.25) is 0 Å². The Kier molecular flexibility index (Phi) is 4.98. The van der Waals surface area contributed by atoms with Gasteiger partial charge in [0.1, 0.15) is 11.9 Å². The number of rotatable bonds is 4. The maximum absolute atomic E-state index is 12.4. The molecule has 120 valence electrons. The molecule has 3 rings (SSSR count). The number of benzene rings is 1. The summed E-state index contributed by atoms with van der Waals surface area (Å²) in [6, 6.07) is 8.13. The van der Waals surface area contributed by atoms with Crippen molar-refractivity contribution in [3.8, 4) is 5.75 Å². The second-order valence-electron chi connectivity index (χ2n) is 6.42. The van der Waals surface area contributed by atoms with Gasteiger partial charge in [-0.25, -0.2) is 0 Å². The van der Waals surface area contributed by atoms with E-state index < -0.39 is 0 Å². The van der Waals surface area contributed by atoms with Gasteiger partial charge in [-0.05, 0) is 44.7 Å². The SMILES string of the molecule is Cc1ccc(OCC2CCCN(C(=O)C3CCCO3)C2)cc1. The number of aryl methyl sites for hydroxylation is 1. The predicted octanol–water partition coefficient (Wildman–Crippen LogP) is 2.79. The van der Waals surface area contributed by atoms with E-state index in [1.54, 1.807) is 0 Å². The lowest BCUT2D eigenvalue weighted by molar-refractivity contribution is -0.143. The Bertz CT molecular complexity index is 494. The van der Waals surface area contributed by atoms with Crippen molar-refractivity contribution in [2.45, 2.75) is 38.7 Å². The van der Waals surface area contributed by atoms with E-state index in [1.807, 2.05) is 17.0 Å². The number of carbonyl (C=O) groups excluding carboxylic acids is 1. The van der Waals surface area contributed by atoms with E-state index in [-0.39, 0.29) is 12.0 Å². The summed E-state index contributed by atoms with van der Waals surface area (Å²) in [5.74, 6) is 1.51. The molecular weight excluding hydrogens is 278 g/mol. The number of carbonyl (C=O) groups is 1. The first-order chi connectivity index (χ1) is 10.7. The highest BCUT2D eigenvalue weighted by molar-refractivity contribution is 5.81. The average Bonchev–Trinajstić information content (AvgIpc) is 3.08. The highest BCUT2D eigenvalue weighted by Gasteiger charge is 2.31. The monoisotopic (exact) mass is 303 g/mol. The maximum Gasteiger partial charge on any atom is 0.251 e. The molecule has 2 heterocycles. The summed E-state index contributed by atoms with van der Waals surface area (Å²) in [6.45, 7) is 5.13. The Hall–Kier alpha value is -1.55. The topological polar surface area (TPSA) is 38.8 Å². The minimum atomic E-state index is -0.197. The van der Waals surface area contributed by atoms with Crippen molar-refractivity contribution in [1.82, 2.24) is 4.90 Å². The normalized spacial score (nSPS) is 25.2. The third-order valence-electron chi connectivity index (χ3n) is 4.54. The summed E-state index contributed by atoms with van der Waals surface area (Å²) >= 11 is 0. The molecule has 2 unspecified atom stereocenters. The van der Waals surface area contributed by atoms with E-state index in [1.165, 1.54) is 5.56 Å². The first kappa shape index (κ1) is 15.3. The second kappa shape index (κ2) is 7.14. The van der Waals surface area contributed by atoms with Crippen LogP contribution in [0.25, 0.3) is 0 Å². The van der Waals surface area contributed by atoms with Crippen LogP contribution in [0.1, 0.15) is 31.2 Å². The lowest BCUT2D eigenvalue weighted by Gasteiger charge is -2.34. The lowest BCUT2D eigenvalue weighted by Crippen LogP contribution is -2.45. The predicted molar refractivity (Wildman–Crippen MR) is 85.0 cm³/mol. The number of amides is 1. The van der Waals surface area contributed by atoms with Crippen LogP contribution in [0.5, 0.6) is 5.75 Å². The minimum Gasteiger partial charge on any atom is -0.493 e. The molecule has 2 fully saturated rings. The molecule has 1 aromatic rings. The van der Waals surface area contributed by atoms with Crippen molar-refractivity contribution in [3.05, 3.63) is 29.8 Å². The summed E-state index contributed by atoms with van der Waals surface area (Å²) in [6.07, 6.45) is 3.86. The molecule has 0 N–H and O–H groups in total. The minimum absolute atomic E-state index is 0.178. The van der Waals surface area contributed by atoms with Gasteiger partial charge in [-0.2, -0.15) is 0 Å².